The van der Waals surface area contributed by atoms with E-state index in [2.05, 4.69) is 33.8 Å². The Bertz CT molecular complexity index is 774. The van der Waals surface area contributed by atoms with Crippen molar-refractivity contribution in [1.29, 1.82) is 0 Å². The monoisotopic (exact) mass is 486 g/mol. The number of nitrogens with one attached hydrogen (secondary N) is 2. The van der Waals surface area contributed by atoms with E-state index >= 15 is 0 Å². The van der Waals surface area contributed by atoms with Crippen molar-refractivity contribution in [3.8, 4) is 5.75 Å². The maximum atomic E-state index is 11.1. The number of amides is 1. The molecular weight excluding hydrogens is 459 g/mol. The average Bonchev–Trinajstić information content (AvgIpc) is 3.10. The number of primary amides is 1. The molecule has 0 atom stereocenters. The molecule has 0 fully saturated rings. The second kappa shape index (κ2) is 11.5. The number of nitrogens with two attached hydrogens (primary N) is 1. The number of methoxy groups -OCH3 is 1. The molecule has 0 radical (unpaired) electrons. The van der Waals surface area contributed by atoms with Crippen LogP contribution in [0.2, 0.25) is 0 Å². The fraction of sp³-hybridized carbons (Fsp3) is 0.368. The van der Waals surface area contributed by atoms with Crippen LogP contribution in [0.15, 0.2) is 39.7 Å². The number of hydrogen-bond donors (Lipinski definition) is 3. The Balaban J connectivity index is 0.00000364. The van der Waals surface area contributed by atoms with E-state index in [4.69, 9.17) is 14.9 Å². The zero-order chi connectivity index (χ0) is 18.9. The van der Waals surface area contributed by atoms with E-state index in [0.29, 0.717) is 18.3 Å². The first-order valence-electron chi connectivity index (χ1n) is 8.57. The maximum absolute atomic E-state index is 11.1. The van der Waals surface area contributed by atoms with Crippen LogP contribution in [-0.4, -0.2) is 32.1 Å². The van der Waals surface area contributed by atoms with E-state index < -0.39 is 5.91 Å². The molecule has 148 valence electrons. The summed E-state index contributed by atoms with van der Waals surface area (Å²) < 4.78 is 10.7. The maximum Gasteiger partial charge on any atom is 0.284 e. The number of benzene rings is 1. The Kier molecular flexibility index (Phi) is 9.70. The third-order valence-corrected chi connectivity index (χ3v) is 3.82. The summed E-state index contributed by atoms with van der Waals surface area (Å²) in [5.74, 6) is 1.72. The Morgan fingerprint density at radius 3 is 2.67 bits per heavy atom. The lowest BCUT2D eigenvalue weighted by Gasteiger charge is -2.12. The summed E-state index contributed by atoms with van der Waals surface area (Å²) in [7, 11) is 1.68. The topological polar surface area (TPSA) is 102 Å². The summed E-state index contributed by atoms with van der Waals surface area (Å²) in [5.41, 5.74) is 7.49. The minimum Gasteiger partial charge on any atom is -0.496 e. The number of furan rings is 1. The number of rotatable bonds is 8. The van der Waals surface area contributed by atoms with Crippen LogP contribution in [-0.2, 0) is 13.0 Å². The highest BCUT2D eigenvalue weighted by Crippen LogP contribution is 2.19. The van der Waals surface area contributed by atoms with Gasteiger partial charge in [0.15, 0.2) is 11.7 Å². The van der Waals surface area contributed by atoms with E-state index in [1.54, 1.807) is 19.2 Å². The lowest BCUT2D eigenvalue weighted by Crippen LogP contribution is -2.38. The highest BCUT2D eigenvalue weighted by Gasteiger charge is 2.07. The molecule has 0 unspecified atom stereocenters. The molecule has 1 amide bonds. The zero-order valence-electron chi connectivity index (χ0n) is 15.9. The fourth-order valence-corrected chi connectivity index (χ4v) is 2.44. The van der Waals surface area contributed by atoms with Crippen molar-refractivity contribution in [2.24, 2.45) is 10.7 Å². The molecule has 7 nitrogen and oxygen atoms in total. The van der Waals surface area contributed by atoms with Gasteiger partial charge >= 0.3 is 0 Å². The third-order valence-electron chi connectivity index (χ3n) is 3.82. The van der Waals surface area contributed by atoms with Gasteiger partial charge in [-0.05, 0) is 49.6 Å². The SMILES string of the molecule is CCNC(=NCc1ccc(C(N)=O)o1)NCCc1ccc(C)c(OC)c1.I. The fourth-order valence-electron chi connectivity index (χ4n) is 2.44. The van der Waals surface area contributed by atoms with Crippen molar-refractivity contribution in [1.82, 2.24) is 10.6 Å². The first-order chi connectivity index (χ1) is 12.5. The van der Waals surface area contributed by atoms with Crippen molar-refractivity contribution in [2.75, 3.05) is 20.2 Å². The molecule has 4 N–H and O–H groups in total. The van der Waals surface area contributed by atoms with Gasteiger partial charge in [-0.2, -0.15) is 0 Å². The van der Waals surface area contributed by atoms with E-state index in [0.717, 1.165) is 30.8 Å². The average molecular weight is 486 g/mol. The molecule has 0 saturated carbocycles. The standard InChI is InChI=1S/C19H26N4O3.HI/c1-4-21-19(23-12-15-7-8-16(26-15)18(20)24)22-10-9-14-6-5-13(2)17(11-14)25-3;/h5-8,11H,4,9-10,12H2,1-3H3,(H2,20,24)(H2,21,22,23);1H. The van der Waals surface area contributed by atoms with Crippen LogP contribution in [0.4, 0.5) is 0 Å². The van der Waals surface area contributed by atoms with Gasteiger partial charge in [-0.1, -0.05) is 12.1 Å². The van der Waals surface area contributed by atoms with E-state index in [9.17, 15) is 4.79 Å². The molecular formula is C19H27IN4O3. The highest BCUT2D eigenvalue weighted by molar-refractivity contribution is 14.0. The van der Waals surface area contributed by atoms with Crippen LogP contribution in [0.5, 0.6) is 5.75 Å². The van der Waals surface area contributed by atoms with Crippen molar-refractivity contribution >= 4 is 35.8 Å². The predicted molar refractivity (Wildman–Crippen MR) is 117 cm³/mol. The lowest BCUT2D eigenvalue weighted by atomic mass is 10.1. The minimum atomic E-state index is -0.584. The van der Waals surface area contributed by atoms with Gasteiger partial charge in [-0.25, -0.2) is 4.99 Å². The molecule has 0 aliphatic rings. The number of ether oxygens (including phenoxy) is 1. The van der Waals surface area contributed by atoms with Crippen LogP contribution in [0.3, 0.4) is 0 Å². The van der Waals surface area contributed by atoms with E-state index in [1.165, 1.54) is 5.56 Å². The molecule has 0 aliphatic carbocycles. The summed E-state index contributed by atoms with van der Waals surface area (Å²) in [4.78, 5) is 15.5. The van der Waals surface area contributed by atoms with Gasteiger partial charge < -0.3 is 25.5 Å². The Hall–Kier alpha value is -2.23. The molecule has 2 rings (SSSR count). The molecule has 0 saturated heterocycles. The number of aryl methyl sites for hydroxylation is 1. The number of carbonyl (C=O) groups excluding carboxylic acids is 1. The van der Waals surface area contributed by atoms with Crippen LogP contribution in [0.25, 0.3) is 0 Å². The first-order valence-corrected chi connectivity index (χ1v) is 8.57. The van der Waals surface area contributed by atoms with Gasteiger partial charge in [0.1, 0.15) is 18.1 Å². The van der Waals surface area contributed by atoms with Gasteiger partial charge in [0.25, 0.3) is 5.91 Å². The number of hydrogen-bond acceptors (Lipinski definition) is 4. The summed E-state index contributed by atoms with van der Waals surface area (Å²) in [6.07, 6.45) is 0.841. The summed E-state index contributed by atoms with van der Waals surface area (Å²) in [5, 5.41) is 6.47. The number of carbonyl (C=O) groups is 1. The van der Waals surface area contributed by atoms with E-state index in [-0.39, 0.29) is 29.7 Å². The zero-order valence-corrected chi connectivity index (χ0v) is 18.2. The normalized spacial score (nSPS) is 10.9. The van der Waals surface area contributed by atoms with Gasteiger partial charge in [0, 0.05) is 13.1 Å². The van der Waals surface area contributed by atoms with Gasteiger partial charge in [0.2, 0.25) is 0 Å². The molecule has 0 bridgehead atoms. The number of aliphatic imine (C=N–C) groups is 1. The number of nitrogens with zero attached hydrogens (tertiary/aromatic N) is 1. The minimum absolute atomic E-state index is 0. The van der Waals surface area contributed by atoms with Crippen molar-refractivity contribution in [3.63, 3.8) is 0 Å². The molecule has 27 heavy (non-hydrogen) atoms. The summed E-state index contributed by atoms with van der Waals surface area (Å²) in [6.45, 7) is 5.81. The first kappa shape index (κ1) is 22.8. The smallest absolute Gasteiger partial charge is 0.284 e. The molecule has 8 heteroatoms. The summed E-state index contributed by atoms with van der Waals surface area (Å²) in [6, 6.07) is 9.46. The van der Waals surface area contributed by atoms with Crippen molar-refractivity contribution in [3.05, 3.63) is 53.0 Å². The molecule has 1 aromatic heterocycles. The molecule has 1 heterocycles. The van der Waals surface area contributed by atoms with Crippen molar-refractivity contribution in [2.45, 2.75) is 26.8 Å². The van der Waals surface area contributed by atoms with Gasteiger partial charge in [0.05, 0.1) is 7.11 Å². The summed E-state index contributed by atoms with van der Waals surface area (Å²) >= 11 is 0. The third kappa shape index (κ3) is 7.12. The van der Waals surface area contributed by atoms with Gasteiger partial charge in [-0.15, -0.1) is 24.0 Å². The van der Waals surface area contributed by atoms with Crippen molar-refractivity contribution < 1.29 is 13.9 Å². The lowest BCUT2D eigenvalue weighted by molar-refractivity contribution is 0.0972. The number of guanidine groups is 1. The largest absolute Gasteiger partial charge is 0.496 e. The number of halogens is 1. The Labute approximate surface area is 176 Å². The highest BCUT2D eigenvalue weighted by atomic mass is 127. The molecule has 0 aliphatic heterocycles. The van der Waals surface area contributed by atoms with Crippen LogP contribution in [0.1, 0.15) is 34.4 Å². The van der Waals surface area contributed by atoms with Gasteiger partial charge in [-0.3, -0.25) is 4.79 Å². The Morgan fingerprint density at radius 2 is 2.04 bits per heavy atom. The Morgan fingerprint density at radius 1 is 1.26 bits per heavy atom. The second-order valence-electron chi connectivity index (χ2n) is 5.81. The predicted octanol–water partition coefficient (Wildman–Crippen LogP) is 2.61. The quantitative estimate of drug-likeness (QED) is 0.303. The van der Waals surface area contributed by atoms with Crippen LogP contribution >= 0.6 is 24.0 Å². The molecule has 0 spiro atoms. The second-order valence-corrected chi connectivity index (χ2v) is 5.81. The molecule has 1 aromatic carbocycles. The molecule has 2 aromatic rings. The van der Waals surface area contributed by atoms with E-state index in [1.807, 2.05) is 13.8 Å². The van der Waals surface area contributed by atoms with Crippen LogP contribution in [0, 0.1) is 6.92 Å². The van der Waals surface area contributed by atoms with Crippen LogP contribution < -0.4 is 21.1 Å².